The Morgan fingerprint density at radius 1 is 1.04 bits per heavy atom. The van der Waals surface area contributed by atoms with E-state index in [1.54, 1.807) is 21.3 Å². The monoisotopic (exact) mass is 359 g/mol. The molecule has 1 aromatic carbocycles. The number of aromatic nitrogens is 2. The fraction of sp³-hybridized carbons (Fsp3) is 0.550. The number of rotatable bonds is 6. The van der Waals surface area contributed by atoms with Crippen LogP contribution in [-0.4, -0.2) is 42.6 Å². The van der Waals surface area contributed by atoms with Gasteiger partial charge in [0.15, 0.2) is 11.5 Å². The third-order valence-electron chi connectivity index (χ3n) is 5.05. The molecule has 1 unspecified atom stereocenters. The highest BCUT2D eigenvalue weighted by molar-refractivity contribution is 5.53. The number of benzene rings is 1. The summed E-state index contributed by atoms with van der Waals surface area (Å²) in [5.41, 5.74) is 2.31. The highest BCUT2D eigenvalue weighted by Gasteiger charge is 2.25. The molecule has 1 aromatic heterocycles. The Labute approximate surface area is 155 Å². The SMILES string of the molecule is COc1cc(CN2CCCCCC2c2ccn(C)n2)cc(OC)c1OC. The lowest BCUT2D eigenvalue weighted by molar-refractivity contribution is 0.187. The third kappa shape index (κ3) is 3.96. The molecule has 1 saturated heterocycles. The van der Waals surface area contributed by atoms with Gasteiger partial charge in [-0.2, -0.15) is 5.10 Å². The zero-order valence-electron chi connectivity index (χ0n) is 16.2. The van der Waals surface area contributed by atoms with E-state index >= 15 is 0 Å². The van der Waals surface area contributed by atoms with Crippen molar-refractivity contribution < 1.29 is 14.2 Å². The molecule has 0 aliphatic carbocycles. The largest absolute Gasteiger partial charge is 0.493 e. The van der Waals surface area contributed by atoms with Crippen LogP contribution in [-0.2, 0) is 13.6 Å². The molecule has 1 aliphatic heterocycles. The van der Waals surface area contributed by atoms with Gasteiger partial charge in [0, 0.05) is 19.8 Å². The minimum Gasteiger partial charge on any atom is -0.493 e. The minimum absolute atomic E-state index is 0.345. The number of ether oxygens (including phenoxy) is 3. The van der Waals surface area contributed by atoms with Crippen LogP contribution in [0.25, 0.3) is 0 Å². The predicted molar refractivity (Wildman–Crippen MR) is 101 cm³/mol. The van der Waals surface area contributed by atoms with E-state index in [1.807, 2.05) is 30.1 Å². The van der Waals surface area contributed by atoms with E-state index in [9.17, 15) is 0 Å². The maximum atomic E-state index is 5.51. The number of aryl methyl sites for hydroxylation is 1. The fourth-order valence-electron chi connectivity index (χ4n) is 3.76. The highest BCUT2D eigenvalue weighted by atomic mass is 16.5. The minimum atomic E-state index is 0.345. The second kappa shape index (κ2) is 8.45. The zero-order valence-corrected chi connectivity index (χ0v) is 16.2. The first kappa shape index (κ1) is 18.6. The van der Waals surface area contributed by atoms with Crippen LogP contribution in [0.3, 0.4) is 0 Å². The first-order chi connectivity index (χ1) is 12.7. The molecule has 0 N–H and O–H groups in total. The summed E-state index contributed by atoms with van der Waals surface area (Å²) in [6.45, 7) is 1.90. The van der Waals surface area contributed by atoms with E-state index in [0.717, 1.165) is 30.8 Å². The van der Waals surface area contributed by atoms with Gasteiger partial charge in [-0.25, -0.2) is 0 Å². The molecule has 6 nitrogen and oxygen atoms in total. The summed E-state index contributed by atoms with van der Waals surface area (Å²) in [5, 5.41) is 4.67. The molecule has 1 fully saturated rings. The lowest BCUT2D eigenvalue weighted by atomic mass is 10.1. The molecule has 0 amide bonds. The average molecular weight is 359 g/mol. The van der Waals surface area contributed by atoms with E-state index in [4.69, 9.17) is 14.2 Å². The lowest BCUT2D eigenvalue weighted by Gasteiger charge is -2.29. The highest BCUT2D eigenvalue weighted by Crippen LogP contribution is 2.39. The van der Waals surface area contributed by atoms with Crippen LogP contribution in [0.1, 0.15) is 43.0 Å². The molecule has 0 spiro atoms. The first-order valence-corrected chi connectivity index (χ1v) is 9.18. The Morgan fingerprint density at radius 3 is 2.35 bits per heavy atom. The van der Waals surface area contributed by atoms with Gasteiger partial charge in [0.25, 0.3) is 0 Å². The standard InChI is InChI=1S/C20H29N3O3/c1-22-11-9-16(21-22)17-8-6-5-7-10-23(17)14-15-12-18(24-2)20(26-4)19(13-15)25-3/h9,11-13,17H,5-8,10,14H2,1-4H3. The quantitative estimate of drug-likeness (QED) is 0.789. The Morgan fingerprint density at radius 2 is 1.77 bits per heavy atom. The summed E-state index contributed by atoms with van der Waals surface area (Å²) >= 11 is 0. The molecule has 0 saturated carbocycles. The van der Waals surface area contributed by atoms with Crippen molar-refractivity contribution in [1.29, 1.82) is 0 Å². The van der Waals surface area contributed by atoms with Crippen LogP contribution < -0.4 is 14.2 Å². The number of hydrogen-bond acceptors (Lipinski definition) is 5. The lowest BCUT2D eigenvalue weighted by Crippen LogP contribution is -2.28. The summed E-state index contributed by atoms with van der Waals surface area (Å²) in [6, 6.07) is 6.57. The number of nitrogens with zero attached hydrogens (tertiary/aromatic N) is 3. The van der Waals surface area contributed by atoms with Crippen LogP contribution >= 0.6 is 0 Å². The van der Waals surface area contributed by atoms with Gasteiger partial charge in [-0.05, 0) is 43.1 Å². The van der Waals surface area contributed by atoms with E-state index in [2.05, 4.69) is 16.1 Å². The van der Waals surface area contributed by atoms with Crippen molar-refractivity contribution in [2.75, 3.05) is 27.9 Å². The maximum absolute atomic E-state index is 5.51. The van der Waals surface area contributed by atoms with Crippen LogP contribution in [0, 0.1) is 0 Å². The Kier molecular flexibility index (Phi) is 6.04. The number of hydrogen-bond donors (Lipinski definition) is 0. The van der Waals surface area contributed by atoms with Crippen LogP contribution in [0.4, 0.5) is 0 Å². The summed E-state index contributed by atoms with van der Waals surface area (Å²) < 4.78 is 18.3. The fourth-order valence-corrected chi connectivity index (χ4v) is 3.76. The molecule has 1 aliphatic rings. The summed E-state index contributed by atoms with van der Waals surface area (Å²) in [7, 11) is 6.92. The molecule has 0 bridgehead atoms. The van der Waals surface area contributed by atoms with Crippen LogP contribution in [0.5, 0.6) is 17.2 Å². The van der Waals surface area contributed by atoms with Crippen molar-refractivity contribution in [2.45, 2.75) is 38.3 Å². The van der Waals surface area contributed by atoms with Gasteiger partial charge in [0.05, 0.1) is 33.1 Å². The number of methoxy groups -OCH3 is 3. The third-order valence-corrected chi connectivity index (χ3v) is 5.05. The molecule has 3 rings (SSSR count). The molecule has 6 heteroatoms. The van der Waals surface area contributed by atoms with Gasteiger partial charge in [0.2, 0.25) is 5.75 Å². The van der Waals surface area contributed by atoms with E-state index in [0.29, 0.717) is 23.3 Å². The molecule has 1 atom stereocenters. The van der Waals surface area contributed by atoms with E-state index < -0.39 is 0 Å². The van der Waals surface area contributed by atoms with Crippen molar-refractivity contribution in [1.82, 2.24) is 14.7 Å². The normalized spacial score (nSPS) is 18.4. The molecular formula is C20H29N3O3. The molecule has 0 radical (unpaired) electrons. The Hall–Kier alpha value is -2.21. The Bertz CT molecular complexity index is 704. The van der Waals surface area contributed by atoms with Gasteiger partial charge < -0.3 is 14.2 Å². The van der Waals surface area contributed by atoms with Crippen molar-refractivity contribution >= 4 is 0 Å². The summed E-state index contributed by atoms with van der Waals surface area (Å²) in [4.78, 5) is 2.52. The second-order valence-corrected chi connectivity index (χ2v) is 6.78. The van der Waals surface area contributed by atoms with E-state index in [-0.39, 0.29) is 0 Å². The first-order valence-electron chi connectivity index (χ1n) is 9.18. The van der Waals surface area contributed by atoms with E-state index in [1.165, 1.54) is 19.3 Å². The van der Waals surface area contributed by atoms with Gasteiger partial charge in [-0.1, -0.05) is 12.8 Å². The van der Waals surface area contributed by atoms with Gasteiger partial charge in [-0.15, -0.1) is 0 Å². The van der Waals surface area contributed by atoms with Crippen molar-refractivity contribution in [3.63, 3.8) is 0 Å². The number of likely N-dealkylation sites (tertiary alicyclic amines) is 1. The zero-order chi connectivity index (χ0) is 18.5. The maximum Gasteiger partial charge on any atom is 0.203 e. The topological polar surface area (TPSA) is 48.8 Å². The molecular weight excluding hydrogens is 330 g/mol. The molecule has 142 valence electrons. The molecule has 2 aromatic rings. The van der Waals surface area contributed by atoms with Crippen LogP contribution in [0.2, 0.25) is 0 Å². The average Bonchev–Trinajstić information content (AvgIpc) is 2.95. The molecule has 2 heterocycles. The molecule has 26 heavy (non-hydrogen) atoms. The smallest absolute Gasteiger partial charge is 0.203 e. The van der Waals surface area contributed by atoms with Crippen molar-refractivity contribution in [3.05, 3.63) is 35.7 Å². The van der Waals surface area contributed by atoms with Gasteiger partial charge >= 0.3 is 0 Å². The van der Waals surface area contributed by atoms with Crippen molar-refractivity contribution in [2.24, 2.45) is 7.05 Å². The predicted octanol–water partition coefficient (Wildman–Crippen LogP) is 3.56. The summed E-state index contributed by atoms with van der Waals surface area (Å²) in [6.07, 6.45) is 6.90. The summed E-state index contributed by atoms with van der Waals surface area (Å²) in [5.74, 6) is 2.04. The Balaban J connectivity index is 1.89. The second-order valence-electron chi connectivity index (χ2n) is 6.78. The van der Waals surface area contributed by atoms with Crippen molar-refractivity contribution in [3.8, 4) is 17.2 Å². The van der Waals surface area contributed by atoms with Gasteiger partial charge in [-0.3, -0.25) is 9.58 Å². The van der Waals surface area contributed by atoms with Gasteiger partial charge in [0.1, 0.15) is 0 Å². The van der Waals surface area contributed by atoms with Crippen LogP contribution in [0.15, 0.2) is 24.4 Å².